The summed E-state index contributed by atoms with van der Waals surface area (Å²) in [5, 5.41) is 7.25. The van der Waals surface area contributed by atoms with E-state index in [0.29, 0.717) is 0 Å². The monoisotopic (exact) mass is 270 g/mol. The summed E-state index contributed by atoms with van der Waals surface area (Å²) in [4.78, 5) is 0. The highest BCUT2D eigenvalue weighted by Gasteiger charge is 2.07. The van der Waals surface area contributed by atoms with Crippen LogP contribution < -0.4 is 10.6 Å². The summed E-state index contributed by atoms with van der Waals surface area (Å²) in [5.74, 6) is 1.72. The molecule has 0 radical (unpaired) electrons. The van der Waals surface area contributed by atoms with E-state index in [1.165, 1.54) is 45.1 Å². The maximum atomic E-state index is 3.63. The van der Waals surface area contributed by atoms with Crippen LogP contribution in [0.25, 0.3) is 0 Å². The second-order valence-electron chi connectivity index (χ2n) is 6.27. The SMILES string of the molecule is CCC(CCC(C)C)CNCCCNC(CC)CC. The Kier molecular flexibility index (Phi) is 12.9. The molecule has 116 valence electrons. The fraction of sp³-hybridized carbons (Fsp3) is 1.00. The van der Waals surface area contributed by atoms with Crippen molar-refractivity contribution < 1.29 is 0 Å². The highest BCUT2D eigenvalue weighted by molar-refractivity contribution is 4.65. The number of nitrogens with one attached hydrogen (secondary N) is 2. The minimum absolute atomic E-state index is 0.717. The molecule has 0 amide bonds. The van der Waals surface area contributed by atoms with Crippen LogP contribution in [0, 0.1) is 11.8 Å². The molecule has 0 aliphatic carbocycles. The molecule has 1 atom stereocenters. The fourth-order valence-electron chi connectivity index (χ4n) is 2.42. The molecule has 2 N–H and O–H groups in total. The lowest BCUT2D eigenvalue weighted by Crippen LogP contribution is -2.31. The Morgan fingerprint density at radius 2 is 1.53 bits per heavy atom. The van der Waals surface area contributed by atoms with Crippen LogP contribution in [0.1, 0.15) is 73.1 Å². The van der Waals surface area contributed by atoms with Crippen molar-refractivity contribution in [2.75, 3.05) is 19.6 Å². The molecule has 0 fully saturated rings. The van der Waals surface area contributed by atoms with Gasteiger partial charge in [0.2, 0.25) is 0 Å². The normalized spacial score (nSPS) is 13.4. The molecule has 0 aliphatic rings. The average Bonchev–Trinajstić information content (AvgIpc) is 2.41. The van der Waals surface area contributed by atoms with Crippen molar-refractivity contribution in [1.29, 1.82) is 0 Å². The van der Waals surface area contributed by atoms with Crippen molar-refractivity contribution >= 4 is 0 Å². The molecule has 2 nitrogen and oxygen atoms in total. The first-order valence-corrected chi connectivity index (χ1v) is 8.57. The second kappa shape index (κ2) is 12.9. The summed E-state index contributed by atoms with van der Waals surface area (Å²) in [6, 6.07) is 0.717. The van der Waals surface area contributed by atoms with E-state index in [9.17, 15) is 0 Å². The Morgan fingerprint density at radius 3 is 2.05 bits per heavy atom. The molecule has 19 heavy (non-hydrogen) atoms. The smallest absolute Gasteiger partial charge is 0.00618 e. The third-order valence-electron chi connectivity index (χ3n) is 4.11. The van der Waals surface area contributed by atoms with Crippen molar-refractivity contribution in [3.05, 3.63) is 0 Å². The molecule has 0 saturated carbocycles. The third kappa shape index (κ3) is 11.4. The van der Waals surface area contributed by atoms with Gasteiger partial charge in [0.25, 0.3) is 0 Å². The van der Waals surface area contributed by atoms with Gasteiger partial charge in [0, 0.05) is 6.04 Å². The predicted octanol–water partition coefficient (Wildman–Crippen LogP) is 4.21. The number of hydrogen-bond acceptors (Lipinski definition) is 2. The number of rotatable bonds is 13. The van der Waals surface area contributed by atoms with Gasteiger partial charge in [-0.3, -0.25) is 0 Å². The van der Waals surface area contributed by atoms with Crippen LogP contribution >= 0.6 is 0 Å². The summed E-state index contributed by atoms with van der Waals surface area (Å²) in [5.41, 5.74) is 0. The van der Waals surface area contributed by atoms with Crippen molar-refractivity contribution in [3.8, 4) is 0 Å². The van der Waals surface area contributed by atoms with Gasteiger partial charge in [0.05, 0.1) is 0 Å². The van der Waals surface area contributed by atoms with Gasteiger partial charge in [-0.1, -0.05) is 47.5 Å². The zero-order valence-electron chi connectivity index (χ0n) is 14.1. The molecule has 0 spiro atoms. The van der Waals surface area contributed by atoms with E-state index in [2.05, 4.69) is 45.3 Å². The van der Waals surface area contributed by atoms with E-state index in [1.807, 2.05) is 0 Å². The summed E-state index contributed by atoms with van der Waals surface area (Å²) in [6.07, 6.45) is 7.81. The molecule has 0 aliphatic heterocycles. The van der Waals surface area contributed by atoms with Gasteiger partial charge in [0.15, 0.2) is 0 Å². The van der Waals surface area contributed by atoms with Crippen LogP contribution in [0.5, 0.6) is 0 Å². The Bertz CT molecular complexity index is 176. The van der Waals surface area contributed by atoms with Crippen LogP contribution in [-0.2, 0) is 0 Å². The summed E-state index contributed by atoms with van der Waals surface area (Å²) < 4.78 is 0. The van der Waals surface area contributed by atoms with Crippen molar-refractivity contribution in [2.45, 2.75) is 79.2 Å². The minimum atomic E-state index is 0.717. The quantitative estimate of drug-likeness (QED) is 0.490. The summed E-state index contributed by atoms with van der Waals surface area (Å²) in [7, 11) is 0. The maximum Gasteiger partial charge on any atom is 0.00618 e. The zero-order valence-corrected chi connectivity index (χ0v) is 14.1. The summed E-state index contributed by atoms with van der Waals surface area (Å²) >= 11 is 0. The van der Waals surface area contributed by atoms with Gasteiger partial charge in [-0.25, -0.2) is 0 Å². The van der Waals surface area contributed by atoms with Crippen molar-refractivity contribution in [1.82, 2.24) is 10.6 Å². The predicted molar refractivity (Wildman–Crippen MR) is 87.7 cm³/mol. The first-order valence-electron chi connectivity index (χ1n) is 8.57. The highest BCUT2D eigenvalue weighted by atomic mass is 14.9. The van der Waals surface area contributed by atoms with Gasteiger partial charge in [-0.05, 0) is 57.2 Å². The molecule has 0 aromatic heterocycles. The molecule has 0 aromatic carbocycles. The highest BCUT2D eigenvalue weighted by Crippen LogP contribution is 2.14. The van der Waals surface area contributed by atoms with Gasteiger partial charge in [-0.2, -0.15) is 0 Å². The largest absolute Gasteiger partial charge is 0.316 e. The average molecular weight is 271 g/mol. The van der Waals surface area contributed by atoms with Crippen LogP contribution in [0.15, 0.2) is 0 Å². The van der Waals surface area contributed by atoms with E-state index in [-0.39, 0.29) is 0 Å². The topological polar surface area (TPSA) is 24.1 Å². The van der Waals surface area contributed by atoms with E-state index >= 15 is 0 Å². The first-order chi connectivity index (χ1) is 9.13. The molecule has 2 heteroatoms. The molecule has 0 bridgehead atoms. The van der Waals surface area contributed by atoms with Crippen molar-refractivity contribution in [3.63, 3.8) is 0 Å². The molecular weight excluding hydrogens is 232 g/mol. The van der Waals surface area contributed by atoms with Gasteiger partial charge in [0.1, 0.15) is 0 Å². The zero-order chi connectivity index (χ0) is 14.5. The fourth-order valence-corrected chi connectivity index (χ4v) is 2.42. The van der Waals surface area contributed by atoms with E-state index < -0.39 is 0 Å². The lowest BCUT2D eigenvalue weighted by molar-refractivity contribution is 0.387. The van der Waals surface area contributed by atoms with Crippen LogP contribution in [0.3, 0.4) is 0 Å². The summed E-state index contributed by atoms with van der Waals surface area (Å²) in [6.45, 7) is 15.0. The van der Waals surface area contributed by atoms with Crippen LogP contribution in [0.4, 0.5) is 0 Å². The Labute approximate surface area is 122 Å². The molecule has 1 unspecified atom stereocenters. The standard InChI is InChI=1S/C17H38N2/c1-6-16(11-10-15(4)5)14-18-12-9-13-19-17(7-2)8-3/h15-19H,6-14H2,1-5H3. The molecule has 0 aromatic rings. The van der Waals surface area contributed by atoms with Gasteiger partial charge >= 0.3 is 0 Å². The van der Waals surface area contributed by atoms with Crippen LogP contribution in [0.2, 0.25) is 0 Å². The first kappa shape index (κ1) is 18.9. The molecule has 0 saturated heterocycles. The van der Waals surface area contributed by atoms with Crippen molar-refractivity contribution in [2.24, 2.45) is 11.8 Å². The second-order valence-corrected chi connectivity index (χ2v) is 6.27. The molecule has 0 rings (SSSR count). The number of hydrogen-bond donors (Lipinski definition) is 2. The minimum Gasteiger partial charge on any atom is -0.316 e. The third-order valence-corrected chi connectivity index (χ3v) is 4.11. The van der Waals surface area contributed by atoms with E-state index in [1.54, 1.807) is 0 Å². The van der Waals surface area contributed by atoms with Gasteiger partial charge in [-0.15, -0.1) is 0 Å². The Morgan fingerprint density at radius 1 is 0.842 bits per heavy atom. The molecular formula is C17H38N2. The Balaban J connectivity index is 3.45. The van der Waals surface area contributed by atoms with Gasteiger partial charge < -0.3 is 10.6 Å². The maximum absolute atomic E-state index is 3.63. The molecule has 0 heterocycles. The van der Waals surface area contributed by atoms with E-state index in [4.69, 9.17) is 0 Å². The Hall–Kier alpha value is -0.0800. The van der Waals surface area contributed by atoms with E-state index in [0.717, 1.165) is 31.0 Å². The lowest BCUT2D eigenvalue weighted by Gasteiger charge is -2.18. The van der Waals surface area contributed by atoms with Crippen LogP contribution in [-0.4, -0.2) is 25.7 Å². The lowest BCUT2D eigenvalue weighted by atomic mass is 9.96.